The van der Waals surface area contributed by atoms with E-state index in [0.29, 0.717) is 0 Å². The summed E-state index contributed by atoms with van der Waals surface area (Å²) in [5, 5.41) is 15.1. The molecule has 1 aliphatic heterocycles. The molecule has 2 aromatic rings. The van der Waals surface area contributed by atoms with Crippen molar-refractivity contribution in [2.75, 3.05) is 6.54 Å². The Morgan fingerprint density at radius 1 is 0.952 bits per heavy atom. The largest absolute Gasteiger partial charge is 0.383 e. The first-order valence-corrected chi connectivity index (χ1v) is 7.91. The van der Waals surface area contributed by atoms with Crippen LogP contribution in [0.5, 0.6) is 0 Å². The fourth-order valence-corrected chi connectivity index (χ4v) is 4.07. The lowest BCUT2D eigenvalue weighted by Gasteiger charge is -2.43. The number of aryl methyl sites for hydroxylation is 1. The molecule has 0 saturated carbocycles. The van der Waals surface area contributed by atoms with Gasteiger partial charge in [-0.05, 0) is 54.5 Å². The van der Waals surface area contributed by atoms with E-state index in [1.807, 2.05) is 6.07 Å². The first kappa shape index (κ1) is 13.1. The van der Waals surface area contributed by atoms with Crippen LogP contribution < -0.4 is 5.32 Å². The Morgan fingerprint density at radius 2 is 1.71 bits per heavy atom. The molecule has 4 rings (SSSR count). The van der Waals surface area contributed by atoms with Gasteiger partial charge >= 0.3 is 0 Å². The van der Waals surface area contributed by atoms with Gasteiger partial charge in [0.2, 0.25) is 0 Å². The van der Waals surface area contributed by atoms with E-state index in [2.05, 4.69) is 47.8 Å². The molecule has 2 N–H and O–H groups in total. The normalized spacial score (nSPS) is 27.8. The van der Waals surface area contributed by atoms with E-state index in [0.717, 1.165) is 37.8 Å². The zero-order chi connectivity index (χ0) is 14.3. The van der Waals surface area contributed by atoms with Crippen molar-refractivity contribution in [2.45, 2.75) is 37.3 Å². The second-order valence-corrected chi connectivity index (χ2v) is 6.27. The monoisotopic (exact) mass is 279 g/mol. The van der Waals surface area contributed by atoms with Crippen LogP contribution in [0.4, 0.5) is 0 Å². The molecule has 2 unspecified atom stereocenters. The van der Waals surface area contributed by atoms with Crippen molar-refractivity contribution < 1.29 is 5.11 Å². The highest BCUT2D eigenvalue weighted by Crippen LogP contribution is 2.45. The van der Waals surface area contributed by atoms with Crippen LogP contribution in [0, 0.1) is 0 Å². The molecule has 0 radical (unpaired) electrons. The first-order chi connectivity index (χ1) is 10.3. The Labute approximate surface area is 125 Å². The summed E-state index contributed by atoms with van der Waals surface area (Å²) in [7, 11) is 0. The van der Waals surface area contributed by atoms with Gasteiger partial charge in [-0.3, -0.25) is 0 Å². The smallest absolute Gasteiger partial charge is 0.109 e. The van der Waals surface area contributed by atoms with E-state index in [-0.39, 0.29) is 6.04 Å². The Balaban J connectivity index is 1.84. The summed E-state index contributed by atoms with van der Waals surface area (Å²) in [6.45, 7) is 0.937. The van der Waals surface area contributed by atoms with Gasteiger partial charge in [-0.1, -0.05) is 48.5 Å². The Hall–Kier alpha value is -1.64. The van der Waals surface area contributed by atoms with Crippen LogP contribution in [0.15, 0.2) is 48.5 Å². The third kappa shape index (κ3) is 2.02. The SMILES string of the molecule is OC1(C2NCCc3ccccc32)CCCc2ccccc21. The van der Waals surface area contributed by atoms with Gasteiger partial charge in [0.25, 0.3) is 0 Å². The summed E-state index contributed by atoms with van der Waals surface area (Å²) < 4.78 is 0. The zero-order valence-corrected chi connectivity index (χ0v) is 12.2. The van der Waals surface area contributed by atoms with Gasteiger partial charge in [0.05, 0.1) is 6.04 Å². The number of aliphatic hydroxyl groups is 1. The van der Waals surface area contributed by atoms with Crippen molar-refractivity contribution >= 4 is 0 Å². The Bertz CT molecular complexity index is 666. The molecule has 2 heteroatoms. The second-order valence-electron chi connectivity index (χ2n) is 6.27. The van der Waals surface area contributed by atoms with Gasteiger partial charge in [0.1, 0.15) is 5.60 Å². The van der Waals surface area contributed by atoms with Crippen molar-refractivity contribution in [3.63, 3.8) is 0 Å². The molecule has 108 valence electrons. The van der Waals surface area contributed by atoms with Gasteiger partial charge in [-0.2, -0.15) is 0 Å². The van der Waals surface area contributed by atoms with E-state index in [9.17, 15) is 5.11 Å². The van der Waals surface area contributed by atoms with Gasteiger partial charge in [-0.25, -0.2) is 0 Å². The van der Waals surface area contributed by atoms with Crippen LogP contribution in [0.25, 0.3) is 0 Å². The highest BCUT2D eigenvalue weighted by atomic mass is 16.3. The van der Waals surface area contributed by atoms with Crippen molar-refractivity contribution in [3.8, 4) is 0 Å². The van der Waals surface area contributed by atoms with Crippen LogP contribution in [0.1, 0.15) is 41.1 Å². The maximum atomic E-state index is 11.5. The fraction of sp³-hybridized carbons (Fsp3) is 0.368. The molecule has 0 fully saturated rings. The molecule has 2 aliphatic rings. The first-order valence-electron chi connectivity index (χ1n) is 7.91. The van der Waals surface area contributed by atoms with Crippen molar-refractivity contribution in [3.05, 3.63) is 70.8 Å². The molecule has 2 aromatic carbocycles. The molecule has 1 heterocycles. The molecular formula is C19H21NO. The van der Waals surface area contributed by atoms with E-state index >= 15 is 0 Å². The Kier molecular flexibility index (Phi) is 3.09. The average Bonchev–Trinajstić information content (AvgIpc) is 2.55. The van der Waals surface area contributed by atoms with Crippen LogP contribution in [0.2, 0.25) is 0 Å². The van der Waals surface area contributed by atoms with E-state index in [1.165, 1.54) is 16.7 Å². The average molecular weight is 279 g/mol. The van der Waals surface area contributed by atoms with E-state index < -0.39 is 5.60 Å². The number of fused-ring (bicyclic) bond motifs is 2. The quantitative estimate of drug-likeness (QED) is 0.840. The molecule has 0 aromatic heterocycles. The zero-order valence-electron chi connectivity index (χ0n) is 12.2. The standard InChI is InChI=1S/C19H21NO/c21-19(12-5-8-15-7-2-4-10-17(15)19)18-16-9-3-1-6-14(16)11-13-20-18/h1-4,6-7,9-10,18,20-21H,5,8,11-13H2. The minimum atomic E-state index is -0.786. The molecular weight excluding hydrogens is 258 g/mol. The van der Waals surface area contributed by atoms with Crippen LogP contribution in [-0.2, 0) is 18.4 Å². The predicted molar refractivity (Wildman–Crippen MR) is 84.2 cm³/mol. The maximum Gasteiger partial charge on any atom is 0.109 e. The highest BCUT2D eigenvalue weighted by Gasteiger charge is 2.43. The van der Waals surface area contributed by atoms with E-state index in [1.54, 1.807) is 0 Å². The molecule has 2 atom stereocenters. The summed E-state index contributed by atoms with van der Waals surface area (Å²) >= 11 is 0. The molecule has 0 saturated heterocycles. The lowest BCUT2D eigenvalue weighted by atomic mass is 9.71. The number of hydrogen-bond donors (Lipinski definition) is 2. The summed E-state index contributed by atoms with van der Waals surface area (Å²) in [6, 6.07) is 16.9. The topological polar surface area (TPSA) is 32.3 Å². The maximum absolute atomic E-state index is 11.5. The van der Waals surface area contributed by atoms with Crippen LogP contribution in [0.3, 0.4) is 0 Å². The lowest BCUT2D eigenvalue weighted by Crippen LogP contribution is -2.46. The molecule has 0 amide bonds. The summed E-state index contributed by atoms with van der Waals surface area (Å²) in [6.07, 6.45) is 4.00. The molecule has 1 aliphatic carbocycles. The number of nitrogens with one attached hydrogen (secondary N) is 1. The fourth-order valence-electron chi connectivity index (χ4n) is 4.07. The van der Waals surface area contributed by atoms with Gasteiger partial charge in [0.15, 0.2) is 0 Å². The molecule has 21 heavy (non-hydrogen) atoms. The van der Waals surface area contributed by atoms with Crippen molar-refractivity contribution in [2.24, 2.45) is 0 Å². The molecule has 2 nitrogen and oxygen atoms in total. The second kappa shape index (κ2) is 4.97. The minimum Gasteiger partial charge on any atom is -0.383 e. The van der Waals surface area contributed by atoms with Gasteiger partial charge in [0, 0.05) is 0 Å². The summed E-state index contributed by atoms with van der Waals surface area (Å²) in [4.78, 5) is 0. The number of hydrogen-bond acceptors (Lipinski definition) is 2. The van der Waals surface area contributed by atoms with Crippen molar-refractivity contribution in [1.82, 2.24) is 5.32 Å². The highest BCUT2D eigenvalue weighted by molar-refractivity contribution is 5.41. The third-order valence-corrected chi connectivity index (χ3v) is 5.07. The summed E-state index contributed by atoms with van der Waals surface area (Å²) in [5.74, 6) is 0. The van der Waals surface area contributed by atoms with Crippen molar-refractivity contribution in [1.29, 1.82) is 0 Å². The van der Waals surface area contributed by atoms with Gasteiger partial charge in [-0.15, -0.1) is 0 Å². The Morgan fingerprint density at radius 3 is 2.62 bits per heavy atom. The van der Waals surface area contributed by atoms with Crippen LogP contribution >= 0.6 is 0 Å². The lowest BCUT2D eigenvalue weighted by molar-refractivity contribution is -0.0225. The molecule has 0 bridgehead atoms. The predicted octanol–water partition coefficient (Wildman–Crippen LogP) is 3.10. The molecule has 0 spiro atoms. The summed E-state index contributed by atoms with van der Waals surface area (Å²) in [5.41, 5.74) is 4.27. The minimum absolute atomic E-state index is 0.00361. The van der Waals surface area contributed by atoms with E-state index in [4.69, 9.17) is 0 Å². The van der Waals surface area contributed by atoms with Gasteiger partial charge < -0.3 is 10.4 Å². The third-order valence-electron chi connectivity index (χ3n) is 5.07. The number of benzene rings is 2. The number of rotatable bonds is 1. The van der Waals surface area contributed by atoms with Crippen LogP contribution in [-0.4, -0.2) is 11.7 Å².